The molecule has 2 aromatic carbocycles. The summed E-state index contributed by atoms with van der Waals surface area (Å²) in [7, 11) is 0. The van der Waals surface area contributed by atoms with E-state index in [0.717, 1.165) is 13.0 Å². The highest BCUT2D eigenvalue weighted by atomic mass is 14.9. The van der Waals surface area contributed by atoms with E-state index in [-0.39, 0.29) is 0 Å². The molecular weight excluding hydrogens is 206 g/mol. The third-order valence-corrected chi connectivity index (χ3v) is 3.80. The fourth-order valence-corrected chi connectivity index (χ4v) is 2.99. The van der Waals surface area contributed by atoms with Gasteiger partial charge in [0.15, 0.2) is 0 Å². The summed E-state index contributed by atoms with van der Waals surface area (Å²) in [6.07, 6.45) is 3.65. The molecule has 1 aliphatic rings. The summed E-state index contributed by atoms with van der Waals surface area (Å²) < 4.78 is 0. The Morgan fingerprint density at radius 3 is 2.94 bits per heavy atom. The largest absolute Gasteiger partial charge is 0.310 e. The van der Waals surface area contributed by atoms with Gasteiger partial charge in [-0.15, -0.1) is 0 Å². The number of hydrogen-bond donors (Lipinski definition) is 1. The minimum atomic E-state index is 0.563. The molecule has 0 saturated heterocycles. The van der Waals surface area contributed by atoms with E-state index in [9.17, 15) is 0 Å². The fraction of sp³-hybridized carbons (Fsp3) is 0.375. The molecule has 2 aromatic rings. The Hall–Kier alpha value is -1.34. The molecular formula is C16H19N. The molecule has 0 fully saturated rings. The van der Waals surface area contributed by atoms with Crippen molar-refractivity contribution >= 4 is 10.8 Å². The van der Waals surface area contributed by atoms with Gasteiger partial charge in [0.25, 0.3) is 0 Å². The molecule has 1 heteroatoms. The summed E-state index contributed by atoms with van der Waals surface area (Å²) >= 11 is 0. The number of rotatable bonds is 2. The summed E-state index contributed by atoms with van der Waals surface area (Å²) in [5, 5.41) is 6.47. The van der Waals surface area contributed by atoms with Crippen LogP contribution in [0.5, 0.6) is 0 Å². The van der Waals surface area contributed by atoms with E-state index in [1.807, 2.05) is 0 Å². The van der Waals surface area contributed by atoms with Gasteiger partial charge in [-0.3, -0.25) is 0 Å². The Morgan fingerprint density at radius 2 is 2.06 bits per heavy atom. The number of nitrogens with one attached hydrogen (secondary N) is 1. The molecule has 0 aromatic heterocycles. The van der Waals surface area contributed by atoms with Crippen LogP contribution in [0.4, 0.5) is 0 Å². The van der Waals surface area contributed by atoms with Crippen LogP contribution in [-0.2, 0) is 6.42 Å². The van der Waals surface area contributed by atoms with E-state index in [2.05, 4.69) is 48.6 Å². The molecule has 88 valence electrons. The molecule has 1 unspecified atom stereocenters. The van der Waals surface area contributed by atoms with Crippen molar-refractivity contribution in [2.24, 2.45) is 0 Å². The van der Waals surface area contributed by atoms with Crippen LogP contribution in [0.3, 0.4) is 0 Å². The van der Waals surface area contributed by atoms with Crippen molar-refractivity contribution in [2.75, 3.05) is 6.54 Å². The monoisotopic (exact) mass is 225 g/mol. The van der Waals surface area contributed by atoms with Crippen molar-refractivity contribution in [2.45, 2.75) is 32.2 Å². The molecule has 1 aliphatic heterocycles. The maximum Gasteiger partial charge on any atom is 0.0323 e. The van der Waals surface area contributed by atoms with Crippen molar-refractivity contribution < 1.29 is 0 Å². The summed E-state index contributed by atoms with van der Waals surface area (Å²) in [5.74, 6) is 0. The average Bonchev–Trinajstić information content (AvgIpc) is 2.39. The predicted octanol–water partition coefficient (Wildman–Crippen LogP) is 3.83. The Labute approximate surface area is 103 Å². The van der Waals surface area contributed by atoms with Crippen LogP contribution < -0.4 is 5.32 Å². The molecule has 0 saturated carbocycles. The van der Waals surface area contributed by atoms with Crippen molar-refractivity contribution in [3.8, 4) is 0 Å². The van der Waals surface area contributed by atoms with Crippen LogP contribution in [0.1, 0.15) is 36.9 Å². The maximum absolute atomic E-state index is 3.64. The van der Waals surface area contributed by atoms with Crippen LogP contribution in [0.25, 0.3) is 10.8 Å². The standard InChI is InChI=1S/C16H19N/c1-2-5-16-15-9-8-12-6-3-4-7-13(12)14(15)10-11-17-16/h3-4,6-9,16-17H,2,5,10-11H2,1H3. The molecule has 0 spiro atoms. The highest BCUT2D eigenvalue weighted by Gasteiger charge is 2.19. The first kappa shape index (κ1) is 10.8. The van der Waals surface area contributed by atoms with Gasteiger partial charge in [-0.25, -0.2) is 0 Å². The zero-order chi connectivity index (χ0) is 11.7. The van der Waals surface area contributed by atoms with Gasteiger partial charge in [-0.05, 0) is 41.3 Å². The van der Waals surface area contributed by atoms with Crippen molar-refractivity contribution in [3.63, 3.8) is 0 Å². The number of benzene rings is 2. The van der Waals surface area contributed by atoms with Gasteiger partial charge in [-0.1, -0.05) is 49.7 Å². The van der Waals surface area contributed by atoms with Gasteiger partial charge in [-0.2, -0.15) is 0 Å². The molecule has 0 aliphatic carbocycles. The lowest BCUT2D eigenvalue weighted by atomic mass is 9.88. The Kier molecular flexibility index (Phi) is 2.86. The Balaban J connectivity index is 2.16. The molecule has 0 radical (unpaired) electrons. The van der Waals surface area contributed by atoms with Crippen LogP contribution in [-0.4, -0.2) is 6.54 Å². The minimum Gasteiger partial charge on any atom is -0.310 e. The first-order chi connectivity index (χ1) is 8.40. The second-order valence-electron chi connectivity index (χ2n) is 4.90. The summed E-state index contributed by atoms with van der Waals surface area (Å²) in [5.41, 5.74) is 3.09. The van der Waals surface area contributed by atoms with E-state index >= 15 is 0 Å². The first-order valence-corrected chi connectivity index (χ1v) is 6.64. The van der Waals surface area contributed by atoms with Crippen LogP contribution in [0, 0.1) is 0 Å². The van der Waals surface area contributed by atoms with E-state index in [4.69, 9.17) is 0 Å². The topological polar surface area (TPSA) is 12.0 Å². The third kappa shape index (κ3) is 1.85. The molecule has 1 heterocycles. The lowest BCUT2D eigenvalue weighted by molar-refractivity contribution is 0.472. The normalized spacial score (nSPS) is 19.2. The predicted molar refractivity (Wildman–Crippen MR) is 73.3 cm³/mol. The molecule has 1 atom stereocenters. The molecule has 1 N–H and O–H groups in total. The fourth-order valence-electron chi connectivity index (χ4n) is 2.99. The zero-order valence-electron chi connectivity index (χ0n) is 10.4. The van der Waals surface area contributed by atoms with Crippen molar-refractivity contribution in [1.29, 1.82) is 0 Å². The van der Waals surface area contributed by atoms with Gasteiger partial charge in [0, 0.05) is 6.04 Å². The maximum atomic E-state index is 3.64. The summed E-state index contributed by atoms with van der Waals surface area (Å²) in [6, 6.07) is 13.9. The van der Waals surface area contributed by atoms with Gasteiger partial charge in [0.05, 0.1) is 0 Å². The first-order valence-electron chi connectivity index (χ1n) is 6.64. The van der Waals surface area contributed by atoms with E-state index in [0.29, 0.717) is 6.04 Å². The molecule has 0 bridgehead atoms. The second kappa shape index (κ2) is 4.50. The van der Waals surface area contributed by atoms with Gasteiger partial charge in [0.1, 0.15) is 0 Å². The molecule has 17 heavy (non-hydrogen) atoms. The molecule has 1 nitrogen and oxygen atoms in total. The van der Waals surface area contributed by atoms with Gasteiger partial charge in [0.2, 0.25) is 0 Å². The van der Waals surface area contributed by atoms with E-state index < -0.39 is 0 Å². The quantitative estimate of drug-likeness (QED) is 0.819. The van der Waals surface area contributed by atoms with Crippen molar-refractivity contribution in [1.82, 2.24) is 5.32 Å². The third-order valence-electron chi connectivity index (χ3n) is 3.80. The molecule has 0 amide bonds. The van der Waals surface area contributed by atoms with Crippen LogP contribution in [0.2, 0.25) is 0 Å². The Bertz CT molecular complexity index is 530. The lowest BCUT2D eigenvalue weighted by Gasteiger charge is -2.28. The highest BCUT2D eigenvalue weighted by Crippen LogP contribution is 2.31. The smallest absolute Gasteiger partial charge is 0.0323 e. The average molecular weight is 225 g/mol. The second-order valence-corrected chi connectivity index (χ2v) is 4.90. The van der Waals surface area contributed by atoms with Gasteiger partial charge < -0.3 is 5.32 Å². The van der Waals surface area contributed by atoms with Crippen molar-refractivity contribution in [3.05, 3.63) is 47.5 Å². The summed E-state index contributed by atoms with van der Waals surface area (Å²) in [6.45, 7) is 3.38. The van der Waals surface area contributed by atoms with Gasteiger partial charge >= 0.3 is 0 Å². The zero-order valence-corrected chi connectivity index (χ0v) is 10.4. The number of fused-ring (bicyclic) bond motifs is 3. The van der Waals surface area contributed by atoms with Crippen LogP contribution in [0.15, 0.2) is 36.4 Å². The highest BCUT2D eigenvalue weighted by molar-refractivity contribution is 5.87. The van der Waals surface area contributed by atoms with E-state index in [1.54, 1.807) is 5.56 Å². The lowest BCUT2D eigenvalue weighted by Crippen LogP contribution is -2.29. The number of hydrogen-bond acceptors (Lipinski definition) is 1. The summed E-state index contributed by atoms with van der Waals surface area (Å²) in [4.78, 5) is 0. The Morgan fingerprint density at radius 1 is 1.18 bits per heavy atom. The SMILES string of the molecule is CCCC1NCCc2c1ccc1ccccc21. The molecule has 3 rings (SSSR count). The van der Waals surface area contributed by atoms with Crippen LogP contribution >= 0.6 is 0 Å². The minimum absolute atomic E-state index is 0.563. The van der Waals surface area contributed by atoms with E-state index in [1.165, 1.54) is 29.2 Å².